The van der Waals surface area contributed by atoms with E-state index in [1.165, 1.54) is 50.7 Å². The Kier molecular flexibility index (Phi) is 6.70. The lowest BCUT2D eigenvalue weighted by molar-refractivity contribution is 0.451. The van der Waals surface area contributed by atoms with Gasteiger partial charge in [0.2, 0.25) is 0 Å². The Bertz CT molecular complexity index is 132. The Morgan fingerprint density at radius 2 is 2.21 bits per heavy atom. The van der Waals surface area contributed by atoms with E-state index in [1.807, 2.05) is 0 Å². The fraction of sp³-hybridized carbons (Fsp3) is 1.00. The van der Waals surface area contributed by atoms with Crippen molar-refractivity contribution in [1.82, 2.24) is 5.32 Å². The van der Waals surface area contributed by atoms with Crippen molar-refractivity contribution in [2.45, 2.75) is 63.2 Å². The fourth-order valence-electron chi connectivity index (χ4n) is 2.21. The summed E-state index contributed by atoms with van der Waals surface area (Å²) in [6.45, 7) is 2.28. The number of thioether (sulfide) groups is 1. The van der Waals surface area contributed by atoms with Crippen molar-refractivity contribution < 1.29 is 0 Å². The summed E-state index contributed by atoms with van der Waals surface area (Å²) in [6, 6.07) is 0.770. The number of unbranched alkanes of at least 4 members (excludes halogenated alkanes) is 2. The zero-order valence-electron chi connectivity index (χ0n) is 9.72. The van der Waals surface area contributed by atoms with Crippen LogP contribution in [0.5, 0.6) is 0 Å². The van der Waals surface area contributed by atoms with Crippen molar-refractivity contribution in [2.75, 3.05) is 12.8 Å². The third-order valence-corrected chi connectivity index (χ3v) is 4.67. The second-order valence-electron chi connectivity index (χ2n) is 4.30. The van der Waals surface area contributed by atoms with Gasteiger partial charge in [0.1, 0.15) is 0 Å². The molecular formula is C12H25NS. The quantitative estimate of drug-likeness (QED) is 0.681. The maximum atomic E-state index is 3.51. The first-order valence-electron chi connectivity index (χ1n) is 6.17. The molecule has 1 rings (SSSR count). The van der Waals surface area contributed by atoms with Gasteiger partial charge >= 0.3 is 0 Å². The summed E-state index contributed by atoms with van der Waals surface area (Å²) in [7, 11) is 2.13. The van der Waals surface area contributed by atoms with Crippen molar-refractivity contribution in [2.24, 2.45) is 0 Å². The molecule has 0 spiro atoms. The summed E-state index contributed by atoms with van der Waals surface area (Å²) in [6.07, 6.45) is 9.84. The van der Waals surface area contributed by atoms with Gasteiger partial charge in [-0.1, -0.05) is 32.6 Å². The molecule has 14 heavy (non-hydrogen) atoms. The lowest BCUT2D eigenvalue weighted by atomic mass is 10.0. The van der Waals surface area contributed by atoms with E-state index in [0.29, 0.717) is 0 Å². The van der Waals surface area contributed by atoms with Gasteiger partial charge in [-0.05, 0) is 32.1 Å². The third-order valence-electron chi connectivity index (χ3n) is 3.15. The molecule has 0 amide bonds. The first kappa shape index (κ1) is 12.4. The average molecular weight is 215 g/mol. The number of hydrogen-bond donors (Lipinski definition) is 1. The van der Waals surface area contributed by atoms with E-state index >= 15 is 0 Å². The second-order valence-corrected chi connectivity index (χ2v) is 5.64. The smallest absolute Gasteiger partial charge is 0.0201 e. The summed E-state index contributed by atoms with van der Waals surface area (Å²) in [5.74, 6) is 1.39. The normalized spacial score (nSPS) is 24.9. The van der Waals surface area contributed by atoms with E-state index < -0.39 is 0 Å². The van der Waals surface area contributed by atoms with Crippen LogP contribution in [0.25, 0.3) is 0 Å². The lowest BCUT2D eigenvalue weighted by Crippen LogP contribution is -2.37. The SMILES string of the molecule is CCCCCC(NC)C1CCCCS1. The van der Waals surface area contributed by atoms with Crippen molar-refractivity contribution >= 4 is 11.8 Å². The van der Waals surface area contributed by atoms with E-state index in [2.05, 4.69) is 31.1 Å². The highest BCUT2D eigenvalue weighted by Crippen LogP contribution is 2.29. The molecule has 84 valence electrons. The summed E-state index contributed by atoms with van der Waals surface area (Å²) in [5.41, 5.74) is 0. The van der Waals surface area contributed by atoms with E-state index in [4.69, 9.17) is 0 Å². The number of rotatable bonds is 6. The monoisotopic (exact) mass is 215 g/mol. The first-order chi connectivity index (χ1) is 6.88. The van der Waals surface area contributed by atoms with E-state index in [0.717, 1.165) is 11.3 Å². The van der Waals surface area contributed by atoms with Crippen LogP contribution in [0, 0.1) is 0 Å². The zero-order valence-corrected chi connectivity index (χ0v) is 10.5. The average Bonchev–Trinajstić information content (AvgIpc) is 2.26. The largest absolute Gasteiger partial charge is 0.316 e. The van der Waals surface area contributed by atoms with E-state index in [-0.39, 0.29) is 0 Å². The van der Waals surface area contributed by atoms with Crippen LogP contribution in [0.2, 0.25) is 0 Å². The van der Waals surface area contributed by atoms with Crippen LogP contribution in [-0.4, -0.2) is 24.1 Å². The molecule has 0 aliphatic carbocycles. The minimum atomic E-state index is 0.770. The third kappa shape index (κ3) is 4.22. The topological polar surface area (TPSA) is 12.0 Å². The number of hydrogen-bond acceptors (Lipinski definition) is 2. The molecule has 2 unspecified atom stereocenters. The number of nitrogens with one attached hydrogen (secondary N) is 1. The van der Waals surface area contributed by atoms with Crippen molar-refractivity contribution in [3.05, 3.63) is 0 Å². The van der Waals surface area contributed by atoms with Gasteiger partial charge in [0.15, 0.2) is 0 Å². The molecule has 0 aromatic rings. The van der Waals surface area contributed by atoms with E-state index in [9.17, 15) is 0 Å². The van der Waals surface area contributed by atoms with Crippen molar-refractivity contribution in [3.63, 3.8) is 0 Å². The van der Waals surface area contributed by atoms with Crippen LogP contribution in [0.3, 0.4) is 0 Å². The fourth-order valence-corrected chi connectivity index (χ4v) is 3.72. The van der Waals surface area contributed by atoms with Crippen LogP contribution in [-0.2, 0) is 0 Å². The summed E-state index contributed by atoms with van der Waals surface area (Å²) in [4.78, 5) is 0. The van der Waals surface area contributed by atoms with Gasteiger partial charge in [-0.2, -0.15) is 11.8 Å². The molecule has 1 heterocycles. The maximum absolute atomic E-state index is 3.51. The predicted octanol–water partition coefficient (Wildman–Crippen LogP) is 3.44. The van der Waals surface area contributed by atoms with Crippen molar-refractivity contribution in [3.8, 4) is 0 Å². The molecule has 0 radical (unpaired) electrons. The predicted molar refractivity (Wildman–Crippen MR) is 67.1 cm³/mol. The maximum Gasteiger partial charge on any atom is 0.0201 e. The minimum absolute atomic E-state index is 0.770. The molecular weight excluding hydrogens is 190 g/mol. The molecule has 1 fully saturated rings. The molecule has 0 aromatic carbocycles. The van der Waals surface area contributed by atoms with Gasteiger partial charge in [0.05, 0.1) is 0 Å². The van der Waals surface area contributed by atoms with Gasteiger partial charge in [-0.25, -0.2) is 0 Å². The Hall–Kier alpha value is 0.310. The van der Waals surface area contributed by atoms with Gasteiger partial charge in [0.25, 0.3) is 0 Å². The van der Waals surface area contributed by atoms with Crippen LogP contribution in [0.15, 0.2) is 0 Å². The Morgan fingerprint density at radius 1 is 1.36 bits per heavy atom. The molecule has 1 aliphatic rings. The molecule has 1 saturated heterocycles. The molecule has 2 heteroatoms. The van der Waals surface area contributed by atoms with Gasteiger partial charge in [-0.3, -0.25) is 0 Å². The molecule has 2 atom stereocenters. The van der Waals surface area contributed by atoms with Crippen LogP contribution < -0.4 is 5.32 Å². The van der Waals surface area contributed by atoms with Gasteiger partial charge < -0.3 is 5.32 Å². The molecule has 1 nitrogen and oxygen atoms in total. The zero-order chi connectivity index (χ0) is 10.2. The summed E-state index contributed by atoms with van der Waals surface area (Å²) < 4.78 is 0. The molecule has 1 N–H and O–H groups in total. The molecule has 0 aromatic heterocycles. The molecule has 1 aliphatic heterocycles. The highest BCUT2D eigenvalue weighted by Gasteiger charge is 2.22. The second kappa shape index (κ2) is 7.58. The molecule has 0 bridgehead atoms. The Labute approximate surface area is 93.4 Å². The standard InChI is InChI=1S/C12H25NS/c1-3-4-5-8-11(13-2)12-9-6-7-10-14-12/h11-13H,3-10H2,1-2H3. The Balaban J connectivity index is 2.21. The lowest BCUT2D eigenvalue weighted by Gasteiger charge is -2.29. The highest BCUT2D eigenvalue weighted by atomic mass is 32.2. The van der Waals surface area contributed by atoms with Crippen LogP contribution in [0.4, 0.5) is 0 Å². The minimum Gasteiger partial charge on any atom is -0.316 e. The van der Waals surface area contributed by atoms with Gasteiger partial charge in [-0.15, -0.1) is 0 Å². The van der Waals surface area contributed by atoms with Gasteiger partial charge in [0, 0.05) is 11.3 Å². The van der Waals surface area contributed by atoms with Crippen LogP contribution in [0.1, 0.15) is 51.9 Å². The van der Waals surface area contributed by atoms with E-state index in [1.54, 1.807) is 0 Å². The van der Waals surface area contributed by atoms with Crippen molar-refractivity contribution in [1.29, 1.82) is 0 Å². The molecule has 0 saturated carbocycles. The summed E-state index contributed by atoms with van der Waals surface area (Å²) in [5, 5.41) is 4.40. The Morgan fingerprint density at radius 3 is 2.79 bits per heavy atom. The van der Waals surface area contributed by atoms with Crippen LogP contribution >= 0.6 is 11.8 Å². The highest BCUT2D eigenvalue weighted by molar-refractivity contribution is 8.00. The first-order valence-corrected chi connectivity index (χ1v) is 7.22. The summed E-state index contributed by atoms with van der Waals surface area (Å²) >= 11 is 2.19.